The first-order valence-electron chi connectivity index (χ1n) is 6.59. The molecule has 0 aliphatic heterocycles. The molecule has 0 aliphatic rings. The van der Waals surface area contributed by atoms with E-state index in [9.17, 15) is 4.79 Å². The van der Waals surface area contributed by atoms with Crippen LogP contribution in [0.5, 0.6) is 0 Å². The van der Waals surface area contributed by atoms with Crippen molar-refractivity contribution < 1.29 is 4.79 Å². The predicted molar refractivity (Wildman–Crippen MR) is 77.6 cm³/mol. The van der Waals surface area contributed by atoms with E-state index in [1.54, 1.807) is 6.33 Å². The highest BCUT2D eigenvalue weighted by atomic mass is 16.1. The second kappa shape index (κ2) is 6.18. The van der Waals surface area contributed by atoms with Crippen molar-refractivity contribution in [2.45, 2.75) is 26.9 Å². The van der Waals surface area contributed by atoms with Gasteiger partial charge in [0.1, 0.15) is 6.33 Å². The average Bonchev–Trinajstić information content (AvgIpc) is 2.92. The van der Waals surface area contributed by atoms with Gasteiger partial charge in [0.15, 0.2) is 5.82 Å². The number of hydrogen-bond acceptors (Lipinski definition) is 4. The molecule has 2 rings (SSSR count). The minimum Gasteiger partial charge on any atom is -0.388 e. The van der Waals surface area contributed by atoms with Crippen LogP contribution in [0.15, 0.2) is 24.5 Å². The number of amides is 1. The fraction of sp³-hybridized carbons (Fsp3) is 0.357. The van der Waals surface area contributed by atoms with Crippen LogP contribution in [0.1, 0.15) is 28.7 Å². The van der Waals surface area contributed by atoms with Crippen LogP contribution in [0.3, 0.4) is 0 Å². The molecule has 2 N–H and O–H groups in total. The number of anilines is 1. The number of rotatable bonds is 5. The minimum atomic E-state index is -0.101. The molecule has 0 radical (unpaired) electrons. The summed E-state index contributed by atoms with van der Waals surface area (Å²) in [5.41, 5.74) is 2.60. The van der Waals surface area contributed by atoms with Gasteiger partial charge >= 0.3 is 0 Å². The van der Waals surface area contributed by atoms with Gasteiger partial charge in [0.25, 0.3) is 5.91 Å². The lowest BCUT2D eigenvalue weighted by molar-refractivity contribution is 0.0949. The maximum atomic E-state index is 12.2. The Balaban J connectivity index is 2.05. The van der Waals surface area contributed by atoms with E-state index in [1.165, 1.54) is 0 Å². The monoisotopic (exact) mass is 273 g/mol. The number of hydrogen-bond donors (Lipinski definition) is 2. The highest BCUT2D eigenvalue weighted by Crippen LogP contribution is 2.14. The zero-order chi connectivity index (χ0) is 14.5. The van der Waals surface area contributed by atoms with Crippen molar-refractivity contribution in [3.63, 3.8) is 0 Å². The SMILES string of the molecule is CCn1cnnc1CNC(=O)c1ccc(NC)cc1C. The molecular weight excluding hydrogens is 254 g/mol. The molecule has 0 saturated carbocycles. The van der Waals surface area contributed by atoms with Gasteiger partial charge in [0.2, 0.25) is 0 Å². The number of carbonyl (C=O) groups excluding carboxylic acids is 1. The Labute approximate surface area is 118 Å². The van der Waals surface area contributed by atoms with Crippen molar-refractivity contribution in [3.05, 3.63) is 41.5 Å². The Kier molecular flexibility index (Phi) is 4.34. The lowest BCUT2D eigenvalue weighted by Gasteiger charge is -2.09. The van der Waals surface area contributed by atoms with Gasteiger partial charge in [0.05, 0.1) is 6.54 Å². The Hall–Kier alpha value is -2.37. The molecule has 1 aromatic heterocycles. The summed E-state index contributed by atoms with van der Waals surface area (Å²) in [5.74, 6) is 0.654. The first-order valence-corrected chi connectivity index (χ1v) is 6.59. The van der Waals surface area contributed by atoms with Crippen molar-refractivity contribution in [1.82, 2.24) is 20.1 Å². The zero-order valence-corrected chi connectivity index (χ0v) is 12.0. The van der Waals surface area contributed by atoms with Crippen LogP contribution in [0.2, 0.25) is 0 Å². The average molecular weight is 273 g/mol. The van der Waals surface area contributed by atoms with Crippen molar-refractivity contribution in [3.8, 4) is 0 Å². The number of benzene rings is 1. The highest BCUT2D eigenvalue weighted by Gasteiger charge is 2.10. The number of aromatic nitrogens is 3. The fourth-order valence-electron chi connectivity index (χ4n) is 2.01. The zero-order valence-electron chi connectivity index (χ0n) is 12.0. The summed E-state index contributed by atoms with van der Waals surface area (Å²) in [6.07, 6.45) is 1.66. The normalized spacial score (nSPS) is 10.3. The van der Waals surface area contributed by atoms with Gasteiger partial charge in [-0.25, -0.2) is 0 Å². The van der Waals surface area contributed by atoms with E-state index in [0.29, 0.717) is 12.1 Å². The van der Waals surface area contributed by atoms with Crippen LogP contribution in [-0.4, -0.2) is 27.7 Å². The number of aryl methyl sites for hydroxylation is 2. The molecule has 1 aromatic carbocycles. The third-order valence-corrected chi connectivity index (χ3v) is 3.20. The van der Waals surface area contributed by atoms with E-state index in [2.05, 4.69) is 20.8 Å². The van der Waals surface area contributed by atoms with E-state index >= 15 is 0 Å². The summed E-state index contributed by atoms with van der Waals surface area (Å²) in [5, 5.41) is 13.7. The van der Waals surface area contributed by atoms with Crippen molar-refractivity contribution in [2.75, 3.05) is 12.4 Å². The summed E-state index contributed by atoms with van der Waals surface area (Å²) in [7, 11) is 1.85. The standard InChI is InChI=1S/C14H19N5O/c1-4-19-9-17-18-13(19)8-16-14(20)12-6-5-11(15-3)7-10(12)2/h5-7,9,15H,4,8H2,1-3H3,(H,16,20). The number of nitrogens with zero attached hydrogens (tertiary/aromatic N) is 3. The van der Waals surface area contributed by atoms with Crippen LogP contribution in [0.4, 0.5) is 5.69 Å². The van der Waals surface area contributed by atoms with Gasteiger partial charge in [-0.05, 0) is 37.6 Å². The molecule has 20 heavy (non-hydrogen) atoms. The van der Waals surface area contributed by atoms with Crippen molar-refractivity contribution in [2.24, 2.45) is 0 Å². The topological polar surface area (TPSA) is 71.8 Å². The molecule has 2 aromatic rings. The molecule has 0 aliphatic carbocycles. The van der Waals surface area contributed by atoms with Crippen molar-refractivity contribution in [1.29, 1.82) is 0 Å². The Morgan fingerprint density at radius 1 is 1.40 bits per heavy atom. The molecule has 1 amide bonds. The minimum absolute atomic E-state index is 0.101. The highest BCUT2D eigenvalue weighted by molar-refractivity contribution is 5.95. The molecule has 106 valence electrons. The van der Waals surface area contributed by atoms with Gasteiger partial charge in [-0.3, -0.25) is 4.79 Å². The van der Waals surface area contributed by atoms with Crippen LogP contribution in [0.25, 0.3) is 0 Å². The predicted octanol–water partition coefficient (Wildman–Crippen LogP) is 1.58. The summed E-state index contributed by atoms with van der Waals surface area (Å²) in [4.78, 5) is 12.2. The van der Waals surface area contributed by atoms with E-state index in [0.717, 1.165) is 23.6 Å². The molecule has 1 heterocycles. The Morgan fingerprint density at radius 2 is 2.20 bits per heavy atom. The van der Waals surface area contributed by atoms with Crippen molar-refractivity contribution >= 4 is 11.6 Å². The van der Waals surface area contributed by atoms with Gasteiger partial charge < -0.3 is 15.2 Å². The lowest BCUT2D eigenvalue weighted by Crippen LogP contribution is -2.25. The molecule has 0 atom stereocenters. The van der Waals surface area contributed by atoms with Crippen LogP contribution < -0.4 is 10.6 Å². The Morgan fingerprint density at radius 3 is 2.85 bits per heavy atom. The van der Waals surface area contributed by atoms with Crippen LogP contribution >= 0.6 is 0 Å². The largest absolute Gasteiger partial charge is 0.388 e. The molecule has 0 fully saturated rings. The Bertz CT molecular complexity index is 605. The third kappa shape index (κ3) is 2.96. The summed E-state index contributed by atoms with van der Waals surface area (Å²) in [6, 6.07) is 5.65. The van der Waals surface area contributed by atoms with Crippen LogP contribution in [0, 0.1) is 6.92 Å². The van der Waals surface area contributed by atoms with Gasteiger partial charge in [-0.15, -0.1) is 10.2 Å². The second-order valence-electron chi connectivity index (χ2n) is 4.50. The first-order chi connectivity index (χ1) is 9.65. The maximum absolute atomic E-state index is 12.2. The molecule has 0 bridgehead atoms. The third-order valence-electron chi connectivity index (χ3n) is 3.20. The number of nitrogens with one attached hydrogen (secondary N) is 2. The summed E-state index contributed by atoms with van der Waals surface area (Å²) in [6.45, 7) is 5.09. The summed E-state index contributed by atoms with van der Waals surface area (Å²) >= 11 is 0. The van der Waals surface area contributed by atoms with E-state index in [4.69, 9.17) is 0 Å². The molecule has 0 unspecified atom stereocenters. The molecule has 0 saturated heterocycles. The molecular formula is C14H19N5O. The van der Waals surface area contributed by atoms with Gasteiger partial charge in [-0.1, -0.05) is 0 Å². The molecule has 0 spiro atoms. The van der Waals surface area contributed by atoms with Gasteiger partial charge in [-0.2, -0.15) is 0 Å². The first kappa shape index (κ1) is 14.0. The number of carbonyl (C=O) groups is 1. The quantitative estimate of drug-likeness (QED) is 0.867. The summed E-state index contributed by atoms with van der Waals surface area (Å²) < 4.78 is 1.90. The van der Waals surface area contributed by atoms with Gasteiger partial charge in [0, 0.05) is 24.8 Å². The van der Waals surface area contributed by atoms with Crippen LogP contribution in [-0.2, 0) is 13.1 Å². The smallest absolute Gasteiger partial charge is 0.251 e. The van der Waals surface area contributed by atoms with E-state index < -0.39 is 0 Å². The van der Waals surface area contributed by atoms with E-state index in [1.807, 2.05) is 43.7 Å². The maximum Gasteiger partial charge on any atom is 0.251 e. The second-order valence-corrected chi connectivity index (χ2v) is 4.50. The lowest BCUT2D eigenvalue weighted by atomic mass is 10.1. The molecule has 6 heteroatoms. The molecule has 6 nitrogen and oxygen atoms in total. The van der Waals surface area contributed by atoms with E-state index in [-0.39, 0.29) is 5.91 Å². The fourth-order valence-corrected chi connectivity index (χ4v) is 2.01.